The summed E-state index contributed by atoms with van der Waals surface area (Å²) in [5.41, 5.74) is 1.42. The second-order valence-electron chi connectivity index (χ2n) is 12.8. The van der Waals surface area contributed by atoms with Crippen LogP contribution in [-0.4, -0.2) is 73.2 Å². The largest absolute Gasteiger partial charge is 0.460 e. The van der Waals surface area contributed by atoms with Crippen molar-refractivity contribution in [2.75, 3.05) is 26.3 Å². The minimum atomic E-state index is -3.85. The highest BCUT2D eigenvalue weighted by molar-refractivity contribution is 7.89. The Morgan fingerprint density at radius 3 is 2.31 bits per heavy atom. The van der Waals surface area contributed by atoms with Crippen LogP contribution in [0.3, 0.4) is 0 Å². The van der Waals surface area contributed by atoms with Gasteiger partial charge in [-0.05, 0) is 82.9 Å². The fraction of sp³-hybridized carbons (Fsp3) is 0.645. The quantitative estimate of drug-likeness (QED) is 0.349. The molecule has 0 amide bonds. The van der Waals surface area contributed by atoms with Crippen molar-refractivity contribution in [3.63, 3.8) is 0 Å². The first-order valence-corrected chi connectivity index (χ1v) is 16.1. The van der Waals surface area contributed by atoms with Crippen LogP contribution in [0.15, 0.2) is 35.2 Å². The third-order valence-corrected chi connectivity index (χ3v) is 9.22. The summed E-state index contributed by atoms with van der Waals surface area (Å²) in [6.07, 6.45) is 0.535. The Hall–Kier alpha value is -2.31. The first-order chi connectivity index (χ1) is 19.6. The predicted molar refractivity (Wildman–Crippen MR) is 157 cm³/mol. The third kappa shape index (κ3) is 7.99. The van der Waals surface area contributed by atoms with Crippen LogP contribution in [0.5, 0.6) is 0 Å². The van der Waals surface area contributed by atoms with E-state index in [9.17, 15) is 17.6 Å². The number of esters is 1. The molecule has 0 bridgehead atoms. The van der Waals surface area contributed by atoms with Gasteiger partial charge in [0.2, 0.25) is 10.0 Å². The van der Waals surface area contributed by atoms with E-state index in [4.69, 9.17) is 18.9 Å². The van der Waals surface area contributed by atoms with Crippen molar-refractivity contribution in [1.29, 1.82) is 0 Å². The Morgan fingerprint density at radius 1 is 1.10 bits per heavy atom. The molecular formula is C31H45FN2O7S. The molecule has 2 aliphatic rings. The molecule has 2 aromatic rings. The Morgan fingerprint density at radius 2 is 1.71 bits per heavy atom. The van der Waals surface area contributed by atoms with Gasteiger partial charge in [0, 0.05) is 31.7 Å². The van der Waals surface area contributed by atoms with Gasteiger partial charge in [0.05, 0.1) is 37.5 Å². The molecule has 234 valence electrons. The fourth-order valence-electron chi connectivity index (χ4n) is 5.65. The van der Waals surface area contributed by atoms with Crippen molar-refractivity contribution in [1.82, 2.24) is 8.87 Å². The predicted octanol–water partition coefficient (Wildman–Crippen LogP) is 5.47. The zero-order valence-corrected chi connectivity index (χ0v) is 26.6. The van der Waals surface area contributed by atoms with Crippen LogP contribution in [0.1, 0.15) is 79.3 Å². The zero-order valence-electron chi connectivity index (χ0n) is 25.8. The lowest BCUT2D eigenvalue weighted by Crippen LogP contribution is -2.46. The first-order valence-electron chi connectivity index (χ1n) is 14.7. The van der Waals surface area contributed by atoms with Gasteiger partial charge in [0.15, 0.2) is 5.79 Å². The fourth-order valence-corrected chi connectivity index (χ4v) is 7.30. The minimum absolute atomic E-state index is 0.0183. The molecular weight excluding hydrogens is 563 g/mol. The second kappa shape index (κ2) is 12.7. The Bertz CT molecular complexity index is 1340. The molecule has 0 radical (unpaired) electrons. The molecule has 4 rings (SSSR count). The van der Waals surface area contributed by atoms with E-state index >= 15 is 0 Å². The van der Waals surface area contributed by atoms with E-state index < -0.39 is 27.2 Å². The molecule has 2 unspecified atom stereocenters. The molecule has 3 heterocycles. The zero-order chi connectivity index (χ0) is 30.9. The van der Waals surface area contributed by atoms with Crippen molar-refractivity contribution >= 4 is 16.0 Å². The highest BCUT2D eigenvalue weighted by atomic mass is 32.2. The topological polar surface area (TPSA) is 96.3 Å². The molecule has 11 heteroatoms. The van der Waals surface area contributed by atoms with Gasteiger partial charge in [-0.25, -0.2) is 12.8 Å². The maximum Gasteiger partial charge on any atom is 0.308 e. The van der Waals surface area contributed by atoms with Crippen LogP contribution >= 0.6 is 0 Å². The van der Waals surface area contributed by atoms with Gasteiger partial charge in [-0.1, -0.05) is 13.8 Å². The number of hydrogen-bond acceptors (Lipinski definition) is 7. The SMILES string of the molecule is CC(C)c1cc(S(=O)(=O)N2CCOCC2)c(-c2ccc(F)cc2)n1CCC1CC(CC(=O)OC(C)(C)C)OC(C)(C)O1. The number of carbonyl (C=O) groups is 1. The van der Waals surface area contributed by atoms with Crippen molar-refractivity contribution in [3.8, 4) is 11.3 Å². The number of morpholine rings is 1. The maximum absolute atomic E-state index is 14.0. The van der Waals surface area contributed by atoms with E-state index in [1.54, 1.807) is 18.2 Å². The van der Waals surface area contributed by atoms with Gasteiger partial charge >= 0.3 is 5.97 Å². The average Bonchev–Trinajstić information content (AvgIpc) is 3.27. The molecule has 2 saturated heterocycles. The number of aromatic nitrogens is 1. The van der Waals surface area contributed by atoms with E-state index in [-0.39, 0.29) is 48.5 Å². The third-order valence-electron chi connectivity index (χ3n) is 7.31. The van der Waals surface area contributed by atoms with Gasteiger partial charge in [-0.2, -0.15) is 4.31 Å². The Kier molecular flexibility index (Phi) is 9.89. The molecule has 0 saturated carbocycles. The Labute approximate surface area is 249 Å². The second-order valence-corrected chi connectivity index (χ2v) is 14.7. The Balaban J connectivity index is 1.66. The number of sulfonamides is 1. The summed E-state index contributed by atoms with van der Waals surface area (Å²) in [6.45, 7) is 14.9. The van der Waals surface area contributed by atoms with Crippen LogP contribution in [0.25, 0.3) is 11.3 Å². The molecule has 9 nitrogen and oxygen atoms in total. The summed E-state index contributed by atoms with van der Waals surface area (Å²) < 4.78 is 68.6. The van der Waals surface area contributed by atoms with Gasteiger partial charge in [0.25, 0.3) is 0 Å². The molecule has 1 aromatic heterocycles. The van der Waals surface area contributed by atoms with Gasteiger partial charge < -0.3 is 23.5 Å². The van der Waals surface area contributed by atoms with Crippen LogP contribution in [0.4, 0.5) is 4.39 Å². The van der Waals surface area contributed by atoms with E-state index in [2.05, 4.69) is 0 Å². The molecule has 2 aliphatic heterocycles. The molecule has 0 spiro atoms. The van der Waals surface area contributed by atoms with Crippen molar-refractivity contribution < 1.29 is 36.6 Å². The average molecular weight is 609 g/mol. The minimum Gasteiger partial charge on any atom is -0.460 e. The number of hydrogen-bond donors (Lipinski definition) is 0. The molecule has 0 N–H and O–H groups in total. The summed E-state index contributed by atoms with van der Waals surface area (Å²) in [7, 11) is -3.85. The van der Waals surface area contributed by atoms with Crippen molar-refractivity contribution in [3.05, 3.63) is 41.8 Å². The summed E-state index contributed by atoms with van der Waals surface area (Å²) in [6, 6.07) is 7.69. The smallest absolute Gasteiger partial charge is 0.308 e. The lowest BCUT2D eigenvalue weighted by Gasteiger charge is -2.41. The summed E-state index contributed by atoms with van der Waals surface area (Å²) >= 11 is 0. The van der Waals surface area contributed by atoms with Gasteiger partial charge in [-0.15, -0.1) is 0 Å². The van der Waals surface area contributed by atoms with Crippen molar-refractivity contribution in [2.45, 2.75) is 109 Å². The highest BCUT2D eigenvalue weighted by Crippen LogP contribution is 2.37. The summed E-state index contributed by atoms with van der Waals surface area (Å²) in [4.78, 5) is 12.8. The number of ether oxygens (including phenoxy) is 4. The normalized spacial score (nSPS) is 21.9. The van der Waals surface area contributed by atoms with Crippen LogP contribution in [-0.2, 0) is 40.3 Å². The summed E-state index contributed by atoms with van der Waals surface area (Å²) in [5, 5.41) is 0. The van der Waals surface area contributed by atoms with Gasteiger partial charge in [-0.3, -0.25) is 4.79 Å². The van der Waals surface area contributed by atoms with Crippen LogP contribution < -0.4 is 0 Å². The van der Waals surface area contributed by atoms with E-state index in [1.165, 1.54) is 16.4 Å². The number of halogens is 1. The van der Waals surface area contributed by atoms with E-state index in [1.807, 2.05) is 53.0 Å². The number of nitrogens with zero attached hydrogens (tertiary/aromatic N) is 2. The van der Waals surface area contributed by atoms with Crippen molar-refractivity contribution in [2.24, 2.45) is 0 Å². The van der Waals surface area contributed by atoms with Crippen LogP contribution in [0.2, 0.25) is 0 Å². The van der Waals surface area contributed by atoms with E-state index in [0.717, 1.165) is 5.69 Å². The molecule has 1 aromatic carbocycles. The van der Waals surface area contributed by atoms with Gasteiger partial charge in [0.1, 0.15) is 16.3 Å². The lowest BCUT2D eigenvalue weighted by molar-refractivity contribution is -0.301. The number of carbonyl (C=O) groups excluding carboxylic acids is 1. The monoisotopic (exact) mass is 608 g/mol. The highest BCUT2D eigenvalue weighted by Gasteiger charge is 2.38. The maximum atomic E-state index is 14.0. The van der Waals surface area contributed by atoms with Crippen LogP contribution in [0, 0.1) is 5.82 Å². The molecule has 2 atom stereocenters. The molecule has 42 heavy (non-hydrogen) atoms. The summed E-state index contributed by atoms with van der Waals surface area (Å²) in [5.74, 6) is -1.61. The molecule has 0 aliphatic carbocycles. The number of benzene rings is 1. The van der Waals surface area contributed by atoms with E-state index in [0.29, 0.717) is 43.9 Å². The number of rotatable bonds is 9. The first kappa shape index (κ1) is 32.6. The molecule has 2 fully saturated rings. The standard InChI is InChI=1S/C31H45FN2O7S/c1-21(2)26-20-27(42(36,37)33-14-16-38-17-15-33)29(22-8-10-23(32)11-9-22)34(26)13-12-24-18-25(40-31(6,7)39-24)19-28(35)41-30(3,4)5/h8-11,20-21,24-25H,12-19H2,1-7H3. The lowest BCUT2D eigenvalue weighted by atomic mass is 10.0.